The van der Waals surface area contributed by atoms with E-state index < -0.39 is 29.7 Å². The first-order valence-electron chi connectivity index (χ1n) is 18.0. The predicted octanol–water partition coefficient (Wildman–Crippen LogP) is 8.20. The van der Waals surface area contributed by atoms with Crippen LogP contribution in [-0.4, -0.2) is 53.6 Å². The third-order valence-corrected chi connectivity index (χ3v) is 9.18. The van der Waals surface area contributed by atoms with E-state index in [1.165, 1.54) is 24.1 Å². The zero-order chi connectivity index (χ0) is 36.1. The first-order valence-corrected chi connectivity index (χ1v) is 18.0. The van der Waals surface area contributed by atoms with E-state index in [9.17, 15) is 23.5 Å². The highest BCUT2D eigenvalue weighted by Gasteiger charge is 2.25. The standard InChI is InChI=1S/C41H57F2N3O3/c1-8-14-46(15-9-2)41(49)35-18-28(6)17-34(23-35)40(48)45-38(22-31-20-36(42)24-37(43)21-31)39(47)26-44-25-30-12-11-13-33(19-30)29(7)32(10-3)16-27(4)5/h11-13,17-21,23-24,27,29,32,38-39,44,47H,8-10,14-16,22,25-26H2,1-7H3,(H,45,48). The minimum absolute atomic E-state index is 0.00288. The molecule has 3 N–H and O–H groups in total. The first-order chi connectivity index (χ1) is 23.3. The van der Waals surface area contributed by atoms with E-state index in [1.807, 2.05) is 26.8 Å². The minimum atomic E-state index is -1.08. The van der Waals surface area contributed by atoms with Gasteiger partial charge in [-0.05, 0) is 103 Å². The molecule has 6 nitrogen and oxygen atoms in total. The Morgan fingerprint density at radius 3 is 2.12 bits per heavy atom. The van der Waals surface area contributed by atoms with E-state index in [-0.39, 0.29) is 24.4 Å². The number of carbonyl (C=O) groups is 2. The van der Waals surface area contributed by atoms with E-state index in [0.717, 1.165) is 36.5 Å². The molecule has 8 heteroatoms. The number of aryl methyl sites for hydroxylation is 1. The zero-order valence-electron chi connectivity index (χ0n) is 30.5. The molecule has 4 atom stereocenters. The molecule has 0 saturated carbocycles. The largest absolute Gasteiger partial charge is 0.390 e. The fraction of sp³-hybridized carbons (Fsp3) is 0.512. The maximum Gasteiger partial charge on any atom is 0.253 e. The number of hydrogen-bond acceptors (Lipinski definition) is 4. The van der Waals surface area contributed by atoms with Crippen molar-refractivity contribution >= 4 is 11.8 Å². The van der Waals surface area contributed by atoms with Gasteiger partial charge in [0.2, 0.25) is 0 Å². The molecule has 49 heavy (non-hydrogen) atoms. The van der Waals surface area contributed by atoms with Gasteiger partial charge < -0.3 is 20.6 Å². The van der Waals surface area contributed by atoms with Crippen LogP contribution in [0.2, 0.25) is 0 Å². The lowest BCUT2D eigenvalue weighted by molar-refractivity contribution is 0.0755. The minimum Gasteiger partial charge on any atom is -0.390 e. The number of hydrogen-bond donors (Lipinski definition) is 3. The van der Waals surface area contributed by atoms with Crippen LogP contribution >= 0.6 is 0 Å². The molecule has 0 saturated heterocycles. The summed E-state index contributed by atoms with van der Waals surface area (Å²) in [6.45, 7) is 16.8. The second kappa shape index (κ2) is 19.5. The average Bonchev–Trinajstić information content (AvgIpc) is 3.05. The van der Waals surface area contributed by atoms with Crippen LogP contribution in [0.5, 0.6) is 0 Å². The van der Waals surface area contributed by atoms with Crippen LogP contribution in [0, 0.1) is 30.4 Å². The molecule has 2 amide bonds. The highest BCUT2D eigenvalue weighted by atomic mass is 19.1. The summed E-state index contributed by atoms with van der Waals surface area (Å²) in [5.74, 6) is -0.435. The monoisotopic (exact) mass is 677 g/mol. The SMILES string of the molecule is CCCN(CCC)C(=O)c1cc(C)cc(C(=O)NC(Cc2cc(F)cc(F)c2)C(O)CNCc2cccc(C(C)C(CC)CC(C)C)c2)c1. The van der Waals surface area contributed by atoms with E-state index in [0.29, 0.717) is 48.5 Å². The molecule has 0 radical (unpaired) electrons. The Labute approximate surface area is 292 Å². The average molecular weight is 678 g/mol. The number of benzene rings is 3. The number of carbonyl (C=O) groups excluding carboxylic acids is 2. The number of amides is 2. The van der Waals surface area contributed by atoms with Crippen LogP contribution in [0.4, 0.5) is 8.78 Å². The number of nitrogens with zero attached hydrogens (tertiary/aromatic N) is 1. The molecule has 0 bridgehead atoms. The zero-order valence-corrected chi connectivity index (χ0v) is 30.5. The second-order valence-electron chi connectivity index (χ2n) is 14.0. The lowest BCUT2D eigenvalue weighted by Crippen LogP contribution is -2.48. The molecule has 3 rings (SSSR count). The van der Waals surface area contributed by atoms with Crippen LogP contribution in [0.15, 0.2) is 60.7 Å². The summed E-state index contributed by atoms with van der Waals surface area (Å²) in [6, 6.07) is 15.9. The van der Waals surface area contributed by atoms with Crippen LogP contribution in [0.25, 0.3) is 0 Å². The van der Waals surface area contributed by atoms with E-state index in [1.54, 1.807) is 23.1 Å². The van der Waals surface area contributed by atoms with Gasteiger partial charge in [0.05, 0.1) is 12.1 Å². The third-order valence-electron chi connectivity index (χ3n) is 9.18. The molecular weight excluding hydrogens is 620 g/mol. The molecule has 268 valence electrons. The number of nitrogens with one attached hydrogen (secondary N) is 2. The smallest absolute Gasteiger partial charge is 0.253 e. The Morgan fingerprint density at radius 1 is 0.857 bits per heavy atom. The quantitative estimate of drug-likeness (QED) is 0.120. The molecule has 3 aromatic rings. The van der Waals surface area contributed by atoms with Gasteiger partial charge in [-0.3, -0.25) is 9.59 Å². The summed E-state index contributed by atoms with van der Waals surface area (Å²) >= 11 is 0. The number of halogens is 2. The molecule has 0 fully saturated rings. The van der Waals surface area contributed by atoms with Gasteiger partial charge in [0.1, 0.15) is 11.6 Å². The summed E-state index contributed by atoms with van der Waals surface area (Å²) in [6.07, 6.45) is 2.85. The summed E-state index contributed by atoms with van der Waals surface area (Å²) < 4.78 is 28.2. The highest BCUT2D eigenvalue weighted by Crippen LogP contribution is 2.32. The Bertz CT molecular complexity index is 1480. The van der Waals surface area contributed by atoms with Gasteiger partial charge in [0.25, 0.3) is 11.8 Å². The Balaban J connectivity index is 1.78. The lowest BCUT2D eigenvalue weighted by atomic mass is 9.80. The normalized spacial score (nSPS) is 13.9. The summed E-state index contributed by atoms with van der Waals surface area (Å²) in [4.78, 5) is 28.8. The van der Waals surface area contributed by atoms with Crippen molar-refractivity contribution in [3.63, 3.8) is 0 Å². The molecule has 4 unspecified atom stereocenters. The van der Waals surface area contributed by atoms with E-state index in [2.05, 4.69) is 56.5 Å². The van der Waals surface area contributed by atoms with E-state index in [4.69, 9.17) is 0 Å². The Morgan fingerprint density at radius 2 is 1.51 bits per heavy atom. The maximum atomic E-state index is 14.1. The van der Waals surface area contributed by atoms with Crippen molar-refractivity contribution in [1.29, 1.82) is 0 Å². The van der Waals surface area contributed by atoms with Gasteiger partial charge in [-0.1, -0.05) is 72.2 Å². The highest BCUT2D eigenvalue weighted by molar-refractivity contribution is 6.00. The van der Waals surface area contributed by atoms with Gasteiger partial charge in [0, 0.05) is 43.4 Å². The van der Waals surface area contributed by atoms with Crippen molar-refractivity contribution in [1.82, 2.24) is 15.5 Å². The van der Waals surface area contributed by atoms with Gasteiger partial charge in [-0.2, -0.15) is 0 Å². The fourth-order valence-corrected chi connectivity index (χ4v) is 6.69. The fourth-order valence-electron chi connectivity index (χ4n) is 6.69. The molecule has 0 heterocycles. The number of aliphatic hydroxyl groups excluding tert-OH is 1. The van der Waals surface area contributed by atoms with E-state index >= 15 is 0 Å². The summed E-state index contributed by atoms with van der Waals surface area (Å²) in [5.41, 5.74) is 4.13. The van der Waals surface area contributed by atoms with Crippen molar-refractivity contribution in [2.75, 3.05) is 19.6 Å². The molecule has 0 aromatic heterocycles. The van der Waals surface area contributed by atoms with Crippen LogP contribution in [-0.2, 0) is 13.0 Å². The van der Waals surface area contributed by atoms with Crippen molar-refractivity contribution in [2.24, 2.45) is 11.8 Å². The van der Waals surface area contributed by atoms with Crippen LogP contribution < -0.4 is 10.6 Å². The van der Waals surface area contributed by atoms with Crippen molar-refractivity contribution < 1.29 is 23.5 Å². The molecular formula is C41H57F2N3O3. The molecule has 3 aromatic carbocycles. The Hall–Kier alpha value is -3.62. The third kappa shape index (κ3) is 12.3. The van der Waals surface area contributed by atoms with Crippen molar-refractivity contribution in [2.45, 2.75) is 105 Å². The van der Waals surface area contributed by atoms with Gasteiger partial charge in [-0.15, -0.1) is 0 Å². The lowest BCUT2D eigenvalue weighted by Gasteiger charge is -2.26. The number of rotatable bonds is 19. The van der Waals surface area contributed by atoms with Gasteiger partial charge >= 0.3 is 0 Å². The van der Waals surface area contributed by atoms with Gasteiger partial charge in [0.15, 0.2) is 0 Å². The van der Waals surface area contributed by atoms with Crippen molar-refractivity contribution in [3.8, 4) is 0 Å². The molecule has 0 aliphatic rings. The summed E-state index contributed by atoms with van der Waals surface area (Å²) in [5, 5.41) is 17.6. The molecule has 0 aliphatic heterocycles. The number of aliphatic hydroxyl groups is 1. The first kappa shape index (κ1) is 39.8. The Kier molecular flexibility index (Phi) is 15.9. The van der Waals surface area contributed by atoms with Gasteiger partial charge in [-0.25, -0.2) is 8.78 Å². The second-order valence-corrected chi connectivity index (χ2v) is 14.0. The predicted molar refractivity (Wildman–Crippen MR) is 195 cm³/mol. The van der Waals surface area contributed by atoms with Crippen molar-refractivity contribution in [3.05, 3.63) is 106 Å². The topological polar surface area (TPSA) is 81.7 Å². The maximum absolute atomic E-state index is 14.1. The molecule has 0 spiro atoms. The van der Waals surface area contributed by atoms with Crippen LogP contribution in [0.3, 0.4) is 0 Å². The molecule has 0 aliphatic carbocycles. The van der Waals surface area contributed by atoms with Crippen LogP contribution in [0.1, 0.15) is 116 Å². The summed E-state index contributed by atoms with van der Waals surface area (Å²) in [7, 11) is 0.